The molecule has 0 aliphatic carbocycles. The largest absolute Gasteiger partial charge is 0.490 e. The average Bonchev–Trinajstić information content (AvgIpc) is 3.04. The molecule has 2 aromatic rings. The van der Waals surface area contributed by atoms with Gasteiger partial charge in [-0.25, -0.2) is 9.59 Å². The Hall–Kier alpha value is -3.50. The Morgan fingerprint density at radius 1 is 0.818 bits per heavy atom. The smallest absolute Gasteiger partial charge is 0.335 e. The molecule has 9 nitrogen and oxygen atoms in total. The lowest BCUT2D eigenvalue weighted by atomic mass is 9.99. The number of unbranched alkanes of at least 4 members (excludes halogenated alkanes) is 1. The molecule has 1 saturated heterocycles. The van der Waals surface area contributed by atoms with Crippen LogP contribution in [0.15, 0.2) is 66.8 Å². The molecular weight excluding hydrogens is 564 g/mol. The molecule has 1 aliphatic rings. The standard InChI is InChI=1S/C35H46O9/c1-6-7-9-28-23-43-35(44-24-28)31-20-30(15-16-32(31)40-18-19-42-34(37)26(3)22-39-5)29-13-11-27(12-14-29)10-8-17-41-33(36)25(2)21-38-4/h11-16,20,28,35H,2-3,6-10,17-19,21-24H2,1,4-5H3. The molecule has 0 N–H and O–H groups in total. The summed E-state index contributed by atoms with van der Waals surface area (Å²) in [4.78, 5) is 23.9. The lowest BCUT2D eigenvalue weighted by molar-refractivity contribution is -0.206. The number of hydrogen-bond donors (Lipinski definition) is 0. The lowest BCUT2D eigenvalue weighted by Crippen LogP contribution is -2.27. The van der Waals surface area contributed by atoms with Crippen molar-refractivity contribution in [3.05, 3.63) is 77.9 Å². The van der Waals surface area contributed by atoms with Gasteiger partial charge in [0.15, 0.2) is 6.29 Å². The molecule has 9 heteroatoms. The Balaban J connectivity index is 1.64. The van der Waals surface area contributed by atoms with Gasteiger partial charge in [-0.05, 0) is 48.1 Å². The van der Waals surface area contributed by atoms with Gasteiger partial charge in [-0.3, -0.25) is 0 Å². The predicted molar refractivity (Wildman–Crippen MR) is 167 cm³/mol. The molecule has 0 radical (unpaired) electrons. The fourth-order valence-electron chi connectivity index (χ4n) is 4.69. The quantitative estimate of drug-likeness (QED) is 0.108. The van der Waals surface area contributed by atoms with E-state index in [0.29, 0.717) is 43.5 Å². The highest BCUT2D eigenvalue weighted by molar-refractivity contribution is 5.88. The highest BCUT2D eigenvalue weighted by Crippen LogP contribution is 2.36. The molecule has 0 unspecified atom stereocenters. The van der Waals surface area contributed by atoms with Crippen LogP contribution in [0.25, 0.3) is 11.1 Å². The van der Waals surface area contributed by atoms with Crippen LogP contribution >= 0.6 is 0 Å². The summed E-state index contributed by atoms with van der Waals surface area (Å²) in [6, 6.07) is 14.2. The van der Waals surface area contributed by atoms with E-state index in [4.69, 9.17) is 33.2 Å². The van der Waals surface area contributed by atoms with E-state index in [1.54, 1.807) is 0 Å². The third kappa shape index (κ3) is 11.2. The second-order valence-electron chi connectivity index (χ2n) is 10.8. The number of methoxy groups -OCH3 is 2. The van der Waals surface area contributed by atoms with E-state index in [2.05, 4.69) is 44.3 Å². The summed E-state index contributed by atoms with van der Waals surface area (Å²) >= 11 is 0. The van der Waals surface area contributed by atoms with E-state index in [9.17, 15) is 9.59 Å². The highest BCUT2D eigenvalue weighted by atomic mass is 16.7. The molecule has 240 valence electrons. The topological polar surface area (TPSA) is 98.8 Å². The second-order valence-corrected chi connectivity index (χ2v) is 10.8. The number of carbonyl (C=O) groups is 2. The molecule has 0 bridgehead atoms. The third-order valence-electron chi connectivity index (χ3n) is 7.12. The van der Waals surface area contributed by atoms with Gasteiger partial charge in [-0.15, -0.1) is 0 Å². The molecule has 0 aromatic heterocycles. The molecule has 0 saturated carbocycles. The zero-order chi connectivity index (χ0) is 31.7. The van der Waals surface area contributed by atoms with Gasteiger partial charge in [-0.2, -0.15) is 0 Å². The molecule has 0 atom stereocenters. The Labute approximate surface area is 261 Å². The van der Waals surface area contributed by atoms with Crippen molar-refractivity contribution in [1.29, 1.82) is 0 Å². The summed E-state index contributed by atoms with van der Waals surface area (Å²) in [5.41, 5.74) is 4.50. The van der Waals surface area contributed by atoms with Gasteiger partial charge in [0.25, 0.3) is 0 Å². The Morgan fingerprint density at radius 2 is 1.43 bits per heavy atom. The van der Waals surface area contributed by atoms with E-state index < -0.39 is 18.2 Å². The maximum absolute atomic E-state index is 12.0. The summed E-state index contributed by atoms with van der Waals surface area (Å²) in [5.74, 6) is 0.0397. The van der Waals surface area contributed by atoms with E-state index in [1.165, 1.54) is 14.2 Å². The van der Waals surface area contributed by atoms with Gasteiger partial charge in [0.2, 0.25) is 0 Å². The van der Waals surface area contributed by atoms with Crippen molar-refractivity contribution in [2.24, 2.45) is 5.92 Å². The van der Waals surface area contributed by atoms with Crippen LogP contribution in [-0.4, -0.2) is 72.4 Å². The molecule has 0 spiro atoms. The number of ether oxygens (including phenoxy) is 7. The van der Waals surface area contributed by atoms with Crippen LogP contribution in [0.4, 0.5) is 0 Å². The normalized spacial score (nSPS) is 16.2. The van der Waals surface area contributed by atoms with Crippen LogP contribution in [0.3, 0.4) is 0 Å². The molecule has 1 aliphatic heterocycles. The fourth-order valence-corrected chi connectivity index (χ4v) is 4.69. The SMILES string of the molecule is C=C(COC)C(=O)OCCCc1ccc(-c2ccc(OCCOC(=O)C(=C)COC)c(C3OCC(CCCC)CO3)c2)cc1. The second kappa shape index (κ2) is 19.0. The van der Waals surface area contributed by atoms with Crippen LogP contribution in [0.5, 0.6) is 5.75 Å². The third-order valence-corrected chi connectivity index (χ3v) is 7.12. The maximum atomic E-state index is 12.0. The van der Waals surface area contributed by atoms with Crippen molar-refractivity contribution in [3.8, 4) is 16.9 Å². The molecule has 0 amide bonds. The first-order chi connectivity index (χ1) is 21.4. The van der Waals surface area contributed by atoms with Crippen LogP contribution < -0.4 is 4.74 Å². The summed E-state index contributed by atoms with van der Waals surface area (Å²) in [6.07, 6.45) is 4.27. The maximum Gasteiger partial charge on any atom is 0.335 e. The molecule has 44 heavy (non-hydrogen) atoms. The Kier molecular flexibility index (Phi) is 15.1. The predicted octanol–water partition coefficient (Wildman–Crippen LogP) is 6.01. The van der Waals surface area contributed by atoms with E-state index in [1.807, 2.05) is 18.2 Å². The van der Waals surface area contributed by atoms with Crippen molar-refractivity contribution in [3.63, 3.8) is 0 Å². The summed E-state index contributed by atoms with van der Waals surface area (Å²) in [5, 5.41) is 0. The zero-order valence-electron chi connectivity index (χ0n) is 26.3. The fraction of sp³-hybridized carbons (Fsp3) is 0.486. The van der Waals surface area contributed by atoms with Gasteiger partial charge >= 0.3 is 11.9 Å². The average molecular weight is 611 g/mol. The number of esters is 2. The minimum atomic E-state index is -0.561. The first-order valence-electron chi connectivity index (χ1n) is 15.1. The van der Waals surface area contributed by atoms with Crippen molar-refractivity contribution >= 4 is 11.9 Å². The van der Waals surface area contributed by atoms with Crippen molar-refractivity contribution in [2.75, 3.05) is 60.5 Å². The van der Waals surface area contributed by atoms with Crippen molar-refractivity contribution < 1.29 is 42.7 Å². The number of benzene rings is 2. The summed E-state index contributed by atoms with van der Waals surface area (Å²) in [6.45, 7) is 11.6. The van der Waals surface area contributed by atoms with Gasteiger partial charge < -0.3 is 33.2 Å². The molecule has 3 rings (SSSR count). The van der Waals surface area contributed by atoms with E-state index in [-0.39, 0.29) is 32.0 Å². The van der Waals surface area contributed by atoms with Crippen LogP contribution in [-0.2, 0) is 44.4 Å². The Morgan fingerprint density at radius 3 is 2.05 bits per heavy atom. The number of rotatable bonds is 19. The van der Waals surface area contributed by atoms with Gasteiger partial charge in [0.05, 0.1) is 49.7 Å². The van der Waals surface area contributed by atoms with E-state index in [0.717, 1.165) is 47.9 Å². The van der Waals surface area contributed by atoms with Gasteiger partial charge in [0, 0.05) is 20.1 Å². The summed E-state index contributed by atoms with van der Waals surface area (Å²) < 4.78 is 38.7. The number of aryl methyl sites for hydroxylation is 1. The molecule has 2 aromatic carbocycles. The molecular formula is C35H46O9. The van der Waals surface area contributed by atoms with Crippen LogP contribution in [0.1, 0.15) is 50.0 Å². The minimum absolute atomic E-state index is 0.0663. The first-order valence-corrected chi connectivity index (χ1v) is 15.1. The summed E-state index contributed by atoms with van der Waals surface area (Å²) in [7, 11) is 3.01. The highest BCUT2D eigenvalue weighted by Gasteiger charge is 2.26. The van der Waals surface area contributed by atoms with Crippen molar-refractivity contribution in [1.82, 2.24) is 0 Å². The Bertz CT molecular complexity index is 1210. The molecule has 1 fully saturated rings. The lowest BCUT2D eigenvalue weighted by Gasteiger charge is -2.30. The van der Waals surface area contributed by atoms with E-state index >= 15 is 0 Å². The van der Waals surface area contributed by atoms with Crippen LogP contribution in [0, 0.1) is 5.92 Å². The minimum Gasteiger partial charge on any atom is -0.490 e. The van der Waals surface area contributed by atoms with Gasteiger partial charge in [-0.1, -0.05) is 63.3 Å². The van der Waals surface area contributed by atoms with Gasteiger partial charge in [0.1, 0.15) is 19.0 Å². The zero-order valence-corrected chi connectivity index (χ0v) is 26.3. The first kappa shape index (κ1) is 35.0. The van der Waals surface area contributed by atoms with Crippen molar-refractivity contribution in [2.45, 2.75) is 45.3 Å². The number of carbonyl (C=O) groups excluding carboxylic acids is 2. The molecule has 1 heterocycles. The number of hydrogen-bond acceptors (Lipinski definition) is 9. The monoisotopic (exact) mass is 610 g/mol. The van der Waals surface area contributed by atoms with Crippen LogP contribution in [0.2, 0.25) is 0 Å².